The van der Waals surface area contributed by atoms with Gasteiger partial charge in [-0.25, -0.2) is 4.98 Å². The van der Waals surface area contributed by atoms with Crippen LogP contribution in [0.1, 0.15) is 11.4 Å². The van der Waals surface area contributed by atoms with Gasteiger partial charge in [0.25, 0.3) is 0 Å². The average molecular weight is 254 g/mol. The maximum Gasteiger partial charge on any atom is 0.321 e. The van der Waals surface area contributed by atoms with Crippen LogP contribution in [0.15, 0.2) is 6.33 Å². The lowest BCUT2D eigenvalue weighted by Crippen LogP contribution is -2.42. The maximum absolute atomic E-state index is 10.7. The predicted octanol–water partition coefficient (Wildman–Crippen LogP) is 0.363. The number of rotatable bonds is 1. The summed E-state index contributed by atoms with van der Waals surface area (Å²) >= 11 is 0. The lowest BCUT2D eigenvalue weighted by Gasteiger charge is -2.20. The Morgan fingerprint density at radius 1 is 1.67 bits per heavy atom. The van der Waals surface area contributed by atoms with E-state index in [0.717, 1.165) is 11.4 Å². The zero-order valence-electron chi connectivity index (χ0n) is 8.14. The van der Waals surface area contributed by atoms with Crippen LogP contribution in [-0.4, -0.2) is 26.7 Å². The highest BCUT2D eigenvalue weighted by Gasteiger charge is 2.25. The molecule has 2 rings (SSSR count). The number of aryl methyl sites for hydroxylation is 1. The quantitative estimate of drug-likeness (QED) is 0.759. The van der Waals surface area contributed by atoms with Gasteiger partial charge in [0.05, 0.1) is 17.7 Å². The van der Waals surface area contributed by atoms with Gasteiger partial charge < -0.3 is 9.67 Å². The second-order valence-electron chi connectivity index (χ2n) is 3.22. The second-order valence-corrected chi connectivity index (χ2v) is 3.22. The first kappa shape index (κ1) is 14.2. The van der Waals surface area contributed by atoms with Crippen LogP contribution in [0.5, 0.6) is 0 Å². The fourth-order valence-electron chi connectivity index (χ4n) is 1.56. The number of nitrogens with zero attached hydrogens (tertiary/aromatic N) is 2. The Balaban J connectivity index is 0.000000980. The van der Waals surface area contributed by atoms with Gasteiger partial charge >= 0.3 is 5.97 Å². The first-order valence-corrected chi connectivity index (χ1v) is 4.13. The number of aliphatic carboxylic acids is 1. The van der Waals surface area contributed by atoms with Crippen LogP contribution in [0.25, 0.3) is 0 Å². The number of hydrogen-bond acceptors (Lipinski definition) is 3. The van der Waals surface area contributed by atoms with Crippen molar-refractivity contribution in [3.8, 4) is 0 Å². The summed E-state index contributed by atoms with van der Waals surface area (Å²) < 4.78 is 1.92. The summed E-state index contributed by atoms with van der Waals surface area (Å²) in [5.74, 6) is -0.809. The summed E-state index contributed by atoms with van der Waals surface area (Å²) in [6.45, 7) is 0.586. The van der Waals surface area contributed by atoms with Crippen LogP contribution in [0, 0.1) is 0 Å². The molecule has 0 fully saturated rings. The zero-order chi connectivity index (χ0) is 9.42. The van der Waals surface area contributed by atoms with Crippen molar-refractivity contribution in [1.29, 1.82) is 0 Å². The Hall–Kier alpha value is -0.780. The van der Waals surface area contributed by atoms with Gasteiger partial charge in [-0.1, -0.05) is 0 Å². The molecule has 1 aliphatic rings. The van der Waals surface area contributed by atoms with Crippen LogP contribution in [-0.2, 0) is 24.8 Å². The van der Waals surface area contributed by atoms with E-state index in [2.05, 4.69) is 10.3 Å². The minimum atomic E-state index is -0.809. The smallest absolute Gasteiger partial charge is 0.321 e. The Bertz CT molecular complexity index is 354. The summed E-state index contributed by atoms with van der Waals surface area (Å²) in [4.78, 5) is 14.8. The molecule has 1 aromatic heterocycles. The van der Waals surface area contributed by atoms with Gasteiger partial charge in [0, 0.05) is 20.0 Å². The van der Waals surface area contributed by atoms with Crippen molar-refractivity contribution in [2.45, 2.75) is 19.0 Å². The monoisotopic (exact) mass is 253 g/mol. The molecule has 2 heterocycles. The van der Waals surface area contributed by atoms with E-state index in [9.17, 15) is 4.79 Å². The molecule has 0 saturated carbocycles. The Labute approximate surface area is 99.7 Å². The Kier molecular flexibility index (Phi) is 5.07. The fourth-order valence-corrected chi connectivity index (χ4v) is 1.56. The van der Waals surface area contributed by atoms with E-state index in [1.165, 1.54) is 0 Å². The summed E-state index contributed by atoms with van der Waals surface area (Å²) in [5.41, 5.74) is 1.98. The Morgan fingerprint density at radius 2 is 2.33 bits per heavy atom. The highest BCUT2D eigenvalue weighted by molar-refractivity contribution is 5.85. The molecule has 86 valence electrons. The van der Waals surface area contributed by atoms with E-state index in [1.807, 2.05) is 11.6 Å². The predicted molar refractivity (Wildman–Crippen MR) is 59.7 cm³/mol. The molecule has 2 N–H and O–H groups in total. The fraction of sp³-hybridized carbons (Fsp3) is 0.500. The van der Waals surface area contributed by atoms with Crippen LogP contribution >= 0.6 is 24.8 Å². The first-order chi connectivity index (χ1) is 6.18. The highest BCUT2D eigenvalue weighted by atomic mass is 35.5. The van der Waals surface area contributed by atoms with Gasteiger partial charge in [-0.05, 0) is 0 Å². The third-order valence-corrected chi connectivity index (χ3v) is 2.36. The number of carboxylic acid groups (broad SMARTS) is 1. The SMILES string of the molecule is Cl.Cl.Cn1cnc2c1CN[C@H](C(=O)O)C2. The number of hydrogen-bond donors (Lipinski definition) is 2. The molecule has 0 amide bonds. The van der Waals surface area contributed by atoms with Gasteiger partial charge in [-0.2, -0.15) is 0 Å². The minimum absolute atomic E-state index is 0. The normalized spacial score (nSPS) is 18.3. The third-order valence-electron chi connectivity index (χ3n) is 2.36. The van der Waals surface area contributed by atoms with Crippen LogP contribution in [0.3, 0.4) is 0 Å². The van der Waals surface area contributed by atoms with Crippen molar-refractivity contribution in [3.05, 3.63) is 17.7 Å². The lowest BCUT2D eigenvalue weighted by molar-refractivity contribution is -0.139. The largest absolute Gasteiger partial charge is 0.480 e. The van der Waals surface area contributed by atoms with Crippen molar-refractivity contribution < 1.29 is 9.90 Å². The molecule has 0 saturated heterocycles. The van der Waals surface area contributed by atoms with Crippen molar-refractivity contribution in [2.75, 3.05) is 0 Å². The average Bonchev–Trinajstić information content (AvgIpc) is 2.47. The number of nitrogens with one attached hydrogen (secondary N) is 1. The number of carboxylic acids is 1. The number of halogens is 2. The lowest BCUT2D eigenvalue weighted by atomic mass is 10.1. The third kappa shape index (κ3) is 2.62. The molecule has 1 aliphatic heterocycles. The molecule has 7 heteroatoms. The standard InChI is InChI=1S/C8H11N3O2.2ClH/c1-11-4-10-5-2-6(8(12)13)9-3-7(5)11;;/h4,6,9H,2-3H2,1H3,(H,12,13);2*1H/t6-;;/m0../s1. The summed E-state index contributed by atoms with van der Waals surface area (Å²) in [6.07, 6.45) is 2.20. The molecule has 0 aromatic carbocycles. The molecular formula is C8H13Cl2N3O2. The van der Waals surface area contributed by atoms with E-state index < -0.39 is 12.0 Å². The van der Waals surface area contributed by atoms with Gasteiger partial charge in [0.1, 0.15) is 6.04 Å². The molecule has 0 bridgehead atoms. The molecule has 1 atom stereocenters. The molecule has 0 spiro atoms. The molecule has 5 nitrogen and oxygen atoms in total. The van der Waals surface area contributed by atoms with E-state index in [0.29, 0.717) is 13.0 Å². The number of aromatic nitrogens is 2. The first-order valence-electron chi connectivity index (χ1n) is 4.13. The zero-order valence-corrected chi connectivity index (χ0v) is 9.77. The molecular weight excluding hydrogens is 241 g/mol. The van der Waals surface area contributed by atoms with Crippen LogP contribution < -0.4 is 5.32 Å². The van der Waals surface area contributed by atoms with Gasteiger partial charge in [0.2, 0.25) is 0 Å². The van der Waals surface area contributed by atoms with Crippen molar-refractivity contribution in [2.24, 2.45) is 7.05 Å². The van der Waals surface area contributed by atoms with Gasteiger partial charge in [0.15, 0.2) is 0 Å². The number of carbonyl (C=O) groups is 1. The number of imidazole rings is 1. The van der Waals surface area contributed by atoms with Gasteiger partial charge in [-0.15, -0.1) is 24.8 Å². The molecule has 0 radical (unpaired) electrons. The molecule has 0 aliphatic carbocycles. The summed E-state index contributed by atoms with van der Waals surface area (Å²) in [6, 6.07) is -0.484. The second kappa shape index (κ2) is 5.34. The van der Waals surface area contributed by atoms with E-state index >= 15 is 0 Å². The van der Waals surface area contributed by atoms with Crippen molar-refractivity contribution in [1.82, 2.24) is 14.9 Å². The minimum Gasteiger partial charge on any atom is -0.480 e. The van der Waals surface area contributed by atoms with E-state index in [1.54, 1.807) is 6.33 Å². The molecule has 15 heavy (non-hydrogen) atoms. The highest BCUT2D eigenvalue weighted by Crippen LogP contribution is 2.14. The van der Waals surface area contributed by atoms with Gasteiger partial charge in [-0.3, -0.25) is 10.1 Å². The Morgan fingerprint density at radius 3 is 2.93 bits per heavy atom. The number of fused-ring (bicyclic) bond motifs is 1. The van der Waals surface area contributed by atoms with Crippen molar-refractivity contribution in [3.63, 3.8) is 0 Å². The van der Waals surface area contributed by atoms with Crippen LogP contribution in [0.4, 0.5) is 0 Å². The van der Waals surface area contributed by atoms with Crippen LogP contribution in [0.2, 0.25) is 0 Å². The maximum atomic E-state index is 10.7. The molecule has 0 unspecified atom stereocenters. The van der Waals surface area contributed by atoms with Crippen molar-refractivity contribution >= 4 is 30.8 Å². The van der Waals surface area contributed by atoms with E-state index in [-0.39, 0.29) is 24.8 Å². The van der Waals surface area contributed by atoms with E-state index in [4.69, 9.17) is 5.11 Å². The summed E-state index contributed by atoms with van der Waals surface area (Å²) in [7, 11) is 1.91. The molecule has 1 aromatic rings. The topological polar surface area (TPSA) is 67.2 Å². The summed E-state index contributed by atoms with van der Waals surface area (Å²) in [5, 5.41) is 11.7.